The second kappa shape index (κ2) is 7.66. The van der Waals surface area contributed by atoms with Crippen LogP contribution in [0, 0.1) is 0 Å². The minimum absolute atomic E-state index is 0.0307. The van der Waals surface area contributed by atoms with Crippen molar-refractivity contribution in [1.29, 1.82) is 0 Å². The lowest BCUT2D eigenvalue weighted by Crippen LogP contribution is -2.56. The summed E-state index contributed by atoms with van der Waals surface area (Å²) in [6, 6.07) is 8.88. The molecule has 4 heterocycles. The Morgan fingerprint density at radius 2 is 1.50 bits per heavy atom. The van der Waals surface area contributed by atoms with Gasteiger partial charge in [0.05, 0.1) is 39.8 Å². The molecule has 8 N–H and O–H groups in total. The van der Waals surface area contributed by atoms with E-state index in [9.17, 15) is 40.2 Å². The lowest BCUT2D eigenvalue weighted by molar-refractivity contribution is -0.249. The zero-order valence-corrected chi connectivity index (χ0v) is 19.4. The maximum Gasteiger partial charge on any atom is 0.259 e. The standard InChI is InChI=1S/C26H21N3O9/c30-7-14-21(33)22(34)23(35)26(38-14)29-13-6-9(32)2-4-11(13)16-18-17(24(36)28-25(18)37)15-10-3-1-8(31)5-12(10)27-19(15)20(16)29/h1-6,14,21-23,26-27,30-35H,7H2,(H,28,36,37)/t14-,21-,22+,23-,26?/m1/s1. The highest BCUT2D eigenvalue weighted by Crippen LogP contribution is 2.46. The number of H-pyrrole nitrogens is 1. The number of imide groups is 1. The number of nitrogens with one attached hydrogen (secondary N) is 2. The molecule has 1 unspecified atom stereocenters. The van der Waals surface area contributed by atoms with E-state index in [1.165, 1.54) is 28.8 Å². The van der Waals surface area contributed by atoms with Crippen LogP contribution in [0.3, 0.4) is 0 Å². The third-order valence-electron chi connectivity index (χ3n) is 7.56. The summed E-state index contributed by atoms with van der Waals surface area (Å²) in [5.41, 5.74) is 1.67. The Bertz CT molecular complexity index is 1850. The molecule has 2 aromatic heterocycles. The SMILES string of the molecule is O=C1NC(=O)c2c1c1c3ccc(O)cc3[nH]c1c1c2c2ccc(O)cc2n1C1O[C@H](CO)[C@@H](O)[C@H](O)[C@H]1O. The summed E-state index contributed by atoms with van der Waals surface area (Å²) in [6.45, 7) is -0.656. The average molecular weight is 519 g/mol. The molecule has 5 aromatic rings. The van der Waals surface area contributed by atoms with Gasteiger partial charge in [-0.1, -0.05) is 0 Å². The number of carbonyl (C=O) groups is 2. The number of benzene rings is 3. The summed E-state index contributed by atoms with van der Waals surface area (Å²) < 4.78 is 7.36. The molecular weight excluding hydrogens is 498 g/mol. The second-order valence-corrected chi connectivity index (χ2v) is 9.65. The number of aromatic nitrogens is 2. The first-order valence-electron chi connectivity index (χ1n) is 11.8. The average Bonchev–Trinajstić information content (AvgIpc) is 3.51. The smallest absolute Gasteiger partial charge is 0.259 e. The van der Waals surface area contributed by atoms with Crippen LogP contribution in [0.2, 0.25) is 0 Å². The Morgan fingerprint density at radius 1 is 0.842 bits per heavy atom. The number of rotatable bonds is 2. The quantitative estimate of drug-likeness (QED) is 0.155. The molecule has 2 aliphatic rings. The Morgan fingerprint density at radius 3 is 2.21 bits per heavy atom. The van der Waals surface area contributed by atoms with E-state index in [4.69, 9.17) is 4.74 Å². The van der Waals surface area contributed by atoms with E-state index in [0.29, 0.717) is 43.6 Å². The molecule has 2 aliphatic heterocycles. The van der Waals surface area contributed by atoms with Gasteiger partial charge in [-0.2, -0.15) is 0 Å². The number of hydrogen-bond acceptors (Lipinski definition) is 9. The minimum atomic E-state index is -1.69. The van der Waals surface area contributed by atoms with E-state index in [2.05, 4.69) is 10.3 Å². The summed E-state index contributed by atoms with van der Waals surface area (Å²) in [4.78, 5) is 29.4. The predicted molar refractivity (Wildman–Crippen MR) is 133 cm³/mol. The topological polar surface area (TPSA) is 197 Å². The Labute approximate surface area is 211 Å². The van der Waals surface area contributed by atoms with E-state index < -0.39 is 49.1 Å². The maximum atomic E-state index is 13.2. The first-order chi connectivity index (χ1) is 18.2. The van der Waals surface area contributed by atoms with E-state index in [-0.39, 0.29) is 22.6 Å². The van der Waals surface area contributed by atoms with Crippen molar-refractivity contribution in [3.63, 3.8) is 0 Å². The van der Waals surface area contributed by atoms with Crippen LogP contribution in [0.15, 0.2) is 36.4 Å². The summed E-state index contributed by atoms with van der Waals surface area (Å²) >= 11 is 0. The first kappa shape index (κ1) is 23.0. The van der Waals surface area contributed by atoms with Gasteiger partial charge in [-0.15, -0.1) is 0 Å². The molecule has 0 aliphatic carbocycles. The van der Waals surface area contributed by atoms with Gasteiger partial charge in [-0.25, -0.2) is 0 Å². The number of carbonyl (C=O) groups excluding carboxylic acids is 2. The number of hydrogen-bond donors (Lipinski definition) is 8. The molecule has 0 bridgehead atoms. The van der Waals surface area contributed by atoms with Crippen LogP contribution in [0.5, 0.6) is 11.5 Å². The highest BCUT2D eigenvalue weighted by molar-refractivity contribution is 6.39. The highest BCUT2D eigenvalue weighted by Gasteiger charge is 2.46. The van der Waals surface area contributed by atoms with Crippen molar-refractivity contribution in [3.05, 3.63) is 47.5 Å². The van der Waals surface area contributed by atoms with Crippen molar-refractivity contribution >= 4 is 55.4 Å². The van der Waals surface area contributed by atoms with E-state index in [1.807, 2.05) is 0 Å². The van der Waals surface area contributed by atoms with Gasteiger partial charge in [0.15, 0.2) is 6.23 Å². The number of aromatic amines is 1. The van der Waals surface area contributed by atoms with Gasteiger partial charge in [0, 0.05) is 33.7 Å². The zero-order chi connectivity index (χ0) is 26.6. The molecule has 194 valence electrons. The maximum absolute atomic E-state index is 13.2. The van der Waals surface area contributed by atoms with E-state index >= 15 is 0 Å². The molecule has 1 saturated heterocycles. The molecule has 1 fully saturated rings. The van der Waals surface area contributed by atoms with Crippen LogP contribution >= 0.6 is 0 Å². The summed E-state index contributed by atoms with van der Waals surface area (Å²) in [5.74, 6) is -1.40. The monoisotopic (exact) mass is 519 g/mol. The molecule has 0 radical (unpaired) electrons. The second-order valence-electron chi connectivity index (χ2n) is 9.65. The fourth-order valence-electron chi connectivity index (χ4n) is 5.91. The number of aliphatic hydroxyl groups is 4. The Kier molecular flexibility index (Phi) is 4.63. The molecule has 0 saturated carbocycles. The summed E-state index contributed by atoms with van der Waals surface area (Å²) in [6.07, 6.45) is -7.57. The summed E-state index contributed by atoms with van der Waals surface area (Å²) in [7, 11) is 0. The first-order valence-corrected chi connectivity index (χ1v) is 11.8. The fraction of sp³-hybridized carbons (Fsp3) is 0.231. The van der Waals surface area contributed by atoms with E-state index in [0.717, 1.165) is 0 Å². The molecule has 3 aromatic carbocycles. The van der Waals surface area contributed by atoms with Crippen LogP contribution in [-0.2, 0) is 4.74 Å². The normalized spacial score (nSPS) is 25.6. The number of nitrogens with zero attached hydrogens (tertiary/aromatic N) is 1. The van der Waals surface area contributed by atoms with Crippen molar-refractivity contribution in [2.45, 2.75) is 30.6 Å². The lowest BCUT2D eigenvalue weighted by Gasteiger charge is -2.41. The van der Waals surface area contributed by atoms with Crippen LogP contribution in [0.25, 0.3) is 43.6 Å². The van der Waals surface area contributed by atoms with Crippen LogP contribution in [0.1, 0.15) is 26.9 Å². The van der Waals surface area contributed by atoms with Crippen molar-refractivity contribution in [3.8, 4) is 11.5 Å². The molecule has 38 heavy (non-hydrogen) atoms. The van der Waals surface area contributed by atoms with Crippen molar-refractivity contribution < 1.29 is 45.0 Å². The lowest BCUT2D eigenvalue weighted by atomic mass is 9.96. The molecule has 12 nitrogen and oxygen atoms in total. The Hall–Kier alpha value is -4.20. The number of fused-ring (bicyclic) bond motifs is 10. The number of aromatic hydroxyl groups is 2. The van der Waals surface area contributed by atoms with Gasteiger partial charge in [0.25, 0.3) is 11.8 Å². The largest absolute Gasteiger partial charge is 0.508 e. The van der Waals surface area contributed by atoms with Crippen LogP contribution in [0.4, 0.5) is 0 Å². The van der Waals surface area contributed by atoms with Gasteiger partial charge in [0.2, 0.25) is 0 Å². The van der Waals surface area contributed by atoms with Gasteiger partial charge >= 0.3 is 0 Å². The molecule has 7 rings (SSSR count). The number of phenolic OH excluding ortho intramolecular Hbond substituents is 2. The number of phenols is 2. The summed E-state index contributed by atoms with van der Waals surface area (Å²) in [5, 5.41) is 66.3. The fourth-order valence-corrected chi connectivity index (χ4v) is 5.91. The molecule has 5 atom stereocenters. The molecule has 0 spiro atoms. The molecule has 2 amide bonds. The van der Waals surface area contributed by atoms with Gasteiger partial charge in [0.1, 0.15) is 35.9 Å². The van der Waals surface area contributed by atoms with Gasteiger partial charge in [-0.3, -0.25) is 14.9 Å². The van der Waals surface area contributed by atoms with E-state index in [1.54, 1.807) is 12.1 Å². The third-order valence-corrected chi connectivity index (χ3v) is 7.56. The zero-order valence-electron chi connectivity index (χ0n) is 19.4. The minimum Gasteiger partial charge on any atom is -0.508 e. The predicted octanol–water partition coefficient (Wildman–Crippen LogP) is 0.696. The highest BCUT2D eigenvalue weighted by atomic mass is 16.6. The molecule has 12 heteroatoms. The van der Waals surface area contributed by atoms with Gasteiger partial charge < -0.3 is 44.9 Å². The number of amides is 2. The van der Waals surface area contributed by atoms with Crippen molar-refractivity contribution in [2.24, 2.45) is 0 Å². The Balaban J connectivity index is 1.72. The van der Waals surface area contributed by atoms with Crippen LogP contribution < -0.4 is 5.32 Å². The van der Waals surface area contributed by atoms with Crippen molar-refractivity contribution in [2.75, 3.05) is 6.61 Å². The molecular formula is C26H21N3O9. The van der Waals surface area contributed by atoms with Crippen molar-refractivity contribution in [1.82, 2.24) is 14.9 Å². The number of aliphatic hydroxyl groups excluding tert-OH is 4. The number of ether oxygens (including phenoxy) is 1. The van der Waals surface area contributed by atoms with Gasteiger partial charge in [-0.05, 0) is 24.3 Å². The van der Waals surface area contributed by atoms with Crippen LogP contribution in [-0.4, -0.2) is 83.0 Å². The third kappa shape index (κ3) is 2.80.